The molecular formula is C20H24N2O2. The van der Waals surface area contributed by atoms with Gasteiger partial charge in [-0.3, -0.25) is 9.69 Å². The summed E-state index contributed by atoms with van der Waals surface area (Å²) in [5, 5.41) is 2.63. The molecule has 2 saturated heterocycles. The van der Waals surface area contributed by atoms with Gasteiger partial charge in [-0.05, 0) is 29.2 Å². The largest absolute Gasteiger partial charge is 0.368 e. The summed E-state index contributed by atoms with van der Waals surface area (Å²) >= 11 is 0. The highest BCUT2D eigenvalue weighted by atomic mass is 16.5. The number of ether oxygens (including phenoxy) is 1. The molecule has 126 valence electrons. The molecule has 0 radical (unpaired) electrons. The molecule has 4 heteroatoms. The van der Waals surface area contributed by atoms with Gasteiger partial charge in [0.05, 0.1) is 0 Å². The SMILES string of the molecule is O=C(C1CCCO1)N1CCN(Cc2cccc3ccccc23)CC1. The molecule has 24 heavy (non-hydrogen) atoms. The van der Waals surface area contributed by atoms with Crippen LogP contribution in [-0.2, 0) is 16.1 Å². The van der Waals surface area contributed by atoms with E-state index in [9.17, 15) is 4.79 Å². The van der Waals surface area contributed by atoms with Crippen LogP contribution < -0.4 is 0 Å². The smallest absolute Gasteiger partial charge is 0.251 e. The summed E-state index contributed by atoms with van der Waals surface area (Å²) in [6.45, 7) is 5.16. The van der Waals surface area contributed by atoms with Gasteiger partial charge in [0.15, 0.2) is 0 Å². The van der Waals surface area contributed by atoms with Gasteiger partial charge >= 0.3 is 0 Å². The maximum atomic E-state index is 12.4. The van der Waals surface area contributed by atoms with Crippen LogP contribution in [-0.4, -0.2) is 54.6 Å². The molecule has 0 aliphatic carbocycles. The lowest BCUT2D eigenvalue weighted by Crippen LogP contribution is -2.51. The van der Waals surface area contributed by atoms with E-state index in [1.807, 2.05) is 4.90 Å². The summed E-state index contributed by atoms with van der Waals surface area (Å²) in [4.78, 5) is 16.8. The zero-order chi connectivity index (χ0) is 16.4. The van der Waals surface area contributed by atoms with Crippen molar-refractivity contribution in [3.05, 3.63) is 48.0 Å². The van der Waals surface area contributed by atoms with Crippen molar-refractivity contribution in [3.63, 3.8) is 0 Å². The minimum atomic E-state index is -0.186. The standard InChI is InChI=1S/C20H24N2O2/c23-20(19-9-4-14-24-19)22-12-10-21(11-13-22)15-17-7-3-6-16-5-1-2-8-18(16)17/h1-3,5-8,19H,4,9-15H2. The summed E-state index contributed by atoms with van der Waals surface area (Å²) in [6.07, 6.45) is 1.71. The molecule has 2 aromatic carbocycles. The number of fused-ring (bicyclic) bond motifs is 1. The minimum Gasteiger partial charge on any atom is -0.368 e. The summed E-state index contributed by atoms with van der Waals surface area (Å²) in [5.41, 5.74) is 1.37. The van der Waals surface area contributed by atoms with E-state index in [2.05, 4.69) is 47.4 Å². The molecule has 0 aromatic heterocycles. The van der Waals surface area contributed by atoms with Crippen LogP contribution in [0.25, 0.3) is 10.8 Å². The Balaban J connectivity index is 1.38. The molecule has 0 saturated carbocycles. The summed E-state index contributed by atoms with van der Waals surface area (Å²) in [7, 11) is 0. The van der Waals surface area contributed by atoms with Crippen molar-refractivity contribution in [2.45, 2.75) is 25.5 Å². The molecule has 4 nitrogen and oxygen atoms in total. The highest BCUT2D eigenvalue weighted by Gasteiger charge is 2.30. The normalized spacial score (nSPS) is 22.2. The molecule has 2 heterocycles. The first kappa shape index (κ1) is 15.6. The zero-order valence-electron chi connectivity index (χ0n) is 14.0. The maximum Gasteiger partial charge on any atom is 0.251 e. The van der Waals surface area contributed by atoms with Crippen LogP contribution in [0.2, 0.25) is 0 Å². The van der Waals surface area contributed by atoms with E-state index in [4.69, 9.17) is 4.74 Å². The number of carbonyl (C=O) groups excluding carboxylic acids is 1. The highest BCUT2D eigenvalue weighted by molar-refractivity contribution is 5.85. The van der Waals surface area contributed by atoms with Gasteiger partial charge in [-0.15, -0.1) is 0 Å². The Morgan fingerprint density at radius 3 is 2.62 bits per heavy atom. The third kappa shape index (κ3) is 3.17. The second kappa shape index (κ2) is 6.91. The molecule has 0 spiro atoms. The van der Waals surface area contributed by atoms with E-state index < -0.39 is 0 Å². The van der Waals surface area contributed by atoms with Gasteiger partial charge in [0, 0.05) is 39.3 Å². The fraction of sp³-hybridized carbons (Fsp3) is 0.450. The molecule has 1 amide bonds. The van der Waals surface area contributed by atoms with E-state index in [0.29, 0.717) is 0 Å². The molecule has 4 rings (SSSR count). The monoisotopic (exact) mass is 324 g/mol. The van der Waals surface area contributed by atoms with Gasteiger partial charge in [0.2, 0.25) is 0 Å². The molecule has 2 fully saturated rings. The number of carbonyl (C=O) groups is 1. The van der Waals surface area contributed by atoms with Crippen molar-refractivity contribution in [2.24, 2.45) is 0 Å². The fourth-order valence-electron chi connectivity index (χ4n) is 3.77. The van der Waals surface area contributed by atoms with Crippen LogP contribution in [0.1, 0.15) is 18.4 Å². The Hall–Kier alpha value is -1.91. The van der Waals surface area contributed by atoms with Gasteiger partial charge in [-0.1, -0.05) is 42.5 Å². The van der Waals surface area contributed by atoms with Crippen molar-refractivity contribution in [2.75, 3.05) is 32.8 Å². The Morgan fingerprint density at radius 2 is 1.83 bits per heavy atom. The van der Waals surface area contributed by atoms with Crippen LogP contribution in [0.5, 0.6) is 0 Å². The van der Waals surface area contributed by atoms with E-state index in [0.717, 1.165) is 52.2 Å². The summed E-state index contributed by atoms with van der Waals surface area (Å²) in [6, 6.07) is 15.1. The Bertz CT molecular complexity index is 711. The van der Waals surface area contributed by atoms with Crippen molar-refractivity contribution < 1.29 is 9.53 Å². The minimum absolute atomic E-state index is 0.186. The number of hydrogen-bond acceptors (Lipinski definition) is 3. The summed E-state index contributed by atoms with van der Waals surface area (Å²) in [5.74, 6) is 0.192. The topological polar surface area (TPSA) is 32.8 Å². The molecule has 2 aliphatic rings. The Labute approximate surface area is 143 Å². The molecule has 1 unspecified atom stereocenters. The Kier molecular flexibility index (Phi) is 4.50. The lowest BCUT2D eigenvalue weighted by atomic mass is 10.0. The predicted molar refractivity (Wildman–Crippen MR) is 94.8 cm³/mol. The average molecular weight is 324 g/mol. The third-order valence-corrected chi connectivity index (χ3v) is 5.16. The molecule has 1 atom stereocenters. The van der Waals surface area contributed by atoms with Gasteiger partial charge in [-0.2, -0.15) is 0 Å². The van der Waals surface area contributed by atoms with Crippen LogP contribution in [0.15, 0.2) is 42.5 Å². The van der Waals surface area contributed by atoms with Crippen LogP contribution in [0.4, 0.5) is 0 Å². The van der Waals surface area contributed by atoms with E-state index in [-0.39, 0.29) is 12.0 Å². The van der Waals surface area contributed by atoms with Gasteiger partial charge in [0.25, 0.3) is 5.91 Å². The maximum absolute atomic E-state index is 12.4. The molecule has 0 bridgehead atoms. The predicted octanol–water partition coefficient (Wildman–Crippen LogP) is 2.66. The van der Waals surface area contributed by atoms with Crippen molar-refractivity contribution in [1.29, 1.82) is 0 Å². The van der Waals surface area contributed by atoms with Crippen LogP contribution in [0.3, 0.4) is 0 Å². The number of benzene rings is 2. The molecular weight excluding hydrogens is 300 g/mol. The average Bonchev–Trinajstić information content (AvgIpc) is 3.17. The first-order chi connectivity index (χ1) is 11.8. The van der Waals surface area contributed by atoms with Gasteiger partial charge < -0.3 is 9.64 Å². The fourth-order valence-corrected chi connectivity index (χ4v) is 3.77. The first-order valence-corrected chi connectivity index (χ1v) is 8.91. The second-order valence-corrected chi connectivity index (χ2v) is 6.74. The zero-order valence-corrected chi connectivity index (χ0v) is 14.0. The number of rotatable bonds is 3. The number of piperazine rings is 1. The highest BCUT2D eigenvalue weighted by Crippen LogP contribution is 2.21. The van der Waals surface area contributed by atoms with E-state index in [1.54, 1.807) is 0 Å². The third-order valence-electron chi connectivity index (χ3n) is 5.16. The number of amides is 1. The van der Waals surface area contributed by atoms with E-state index >= 15 is 0 Å². The van der Waals surface area contributed by atoms with Crippen molar-refractivity contribution >= 4 is 16.7 Å². The van der Waals surface area contributed by atoms with Gasteiger partial charge in [-0.25, -0.2) is 0 Å². The van der Waals surface area contributed by atoms with Gasteiger partial charge in [0.1, 0.15) is 6.10 Å². The number of nitrogens with zero attached hydrogens (tertiary/aromatic N) is 2. The molecule has 2 aliphatic heterocycles. The lowest BCUT2D eigenvalue weighted by molar-refractivity contribution is -0.142. The lowest BCUT2D eigenvalue weighted by Gasteiger charge is -2.35. The van der Waals surface area contributed by atoms with Crippen molar-refractivity contribution in [1.82, 2.24) is 9.80 Å². The van der Waals surface area contributed by atoms with Crippen LogP contribution in [0, 0.1) is 0 Å². The molecule has 0 N–H and O–H groups in total. The van der Waals surface area contributed by atoms with E-state index in [1.165, 1.54) is 16.3 Å². The first-order valence-electron chi connectivity index (χ1n) is 8.91. The second-order valence-electron chi connectivity index (χ2n) is 6.74. The van der Waals surface area contributed by atoms with Crippen molar-refractivity contribution in [3.8, 4) is 0 Å². The van der Waals surface area contributed by atoms with Crippen LogP contribution >= 0.6 is 0 Å². The summed E-state index contributed by atoms with van der Waals surface area (Å²) < 4.78 is 5.53. The molecule has 2 aromatic rings. The quantitative estimate of drug-likeness (QED) is 0.870. The number of hydrogen-bond donors (Lipinski definition) is 0. The Morgan fingerprint density at radius 1 is 1.04 bits per heavy atom.